The van der Waals surface area contributed by atoms with Gasteiger partial charge in [0.1, 0.15) is 5.82 Å². The van der Waals surface area contributed by atoms with Crippen molar-refractivity contribution >= 4 is 46.7 Å². The molecule has 0 unspecified atom stereocenters. The second kappa shape index (κ2) is 8.81. The van der Waals surface area contributed by atoms with E-state index in [9.17, 15) is 9.90 Å². The van der Waals surface area contributed by atoms with Gasteiger partial charge in [-0.05, 0) is 49.5 Å². The predicted molar refractivity (Wildman–Crippen MR) is 117 cm³/mol. The number of nitrogen functional groups attached to an aromatic ring is 1. The topological polar surface area (TPSA) is 108 Å². The van der Waals surface area contributed by atoms with E-state index >= 15 is 0 Å². The van der Waals surface area contributed by atoms with Crippen molar-refractivity contribution in [2.45, 2.75) is 25.7 Å². The fourth-order valence-electron chi connectivity index (χ4n) is 4.39. The van der Waals surface area contributed by atoms with E-state index in [-0.39, 0.29) is 10.8 Å². The molecule has 4 rings (SSSR count). The smallest absolute Gasteiger partial charge is 0.411 e. The Labute approximate surface area is 185 Å². The molecular weight excluding hydrogens is 427 g/mol. The molecule has 2 atom stereocenters. The van der Waals surface area contributed by atoms with E-state index in [0.717, 1.165) is 44.7 Å². The summed E-state index contributed by atoms with van der Waals surface area (Å²) >= 11 is 11.9. The number of aromatic nitrogens is 3. The van der Waals surface area contributed by atoms with E-state index in [1.54, 1.807) is 18.5 Å². The molecule has 2 aromatic heterocycles. The number of anilines is 3. The zero-order chi connectivity index (χ0) is 21.3. The molecule has 1 aliphatic carbocycles. The van der Waals surface area contributed by atoms with Crippen LogP contribution in [-0.4, -0.2) is 45.8 Å². The average molecular weight is 451 g/mol. The van der Waals surface area contributed by atoms with Gasteiger partial charge in [-0.1, -0.05) is 23.2 Å². The molecule has 1 amide bonds. The third-order valence-electron chi connectivity index (χ3n) is 6.13. The Hall–Kier alpha value is -2.32. The molecule has 0 radical (unpaired) electrons. The van der Waals surface area contributed by atoms with Crippen molar-refractivity contribution in [1.82, 2.24) is 15.0 Å². The molecule has 10 heteroatoms. The van der Waals surface area contributed by atoms with Crippen LogP contribution in [0, 0.1) is 17.8 Å². The van der Waals surface area contributed by atoms with E-state index in [4.69, 9.17) is 28.9 Å². The highest BCUT2D eigenvalue weighted by atomic mass is 35.5. The van der Waals surface area contributed by atoms with Crippen molar-refractivity contribution in [3.05, 3.63) is 34.7 Å². The molecule has 1 saturated heterocycles. The summed E-state index contributed by atoms with van der Waals surface area (Å²) in [5, 5.41) is 10.4. The molecule has 3 N–H and O–H groups in total. The maximum absolute atomic E-state index is 11.7. The molecule has 30 heavy (non-hydrogen) atoms. The van der Waals surface area contributed by atoms with Crippen LogP contribution in [-0.2, 0) is 0 Å². The van der Waals surface area contributed by atoms with Crippen molar-refractivity contribution < 1.29 is 9.90 Å². The Morgan fingerprint density at radius 2 is 1.90 bits per heavy atom. The molecule has 2 aromatic rings. The molecule has 0 bridgehead atoms. The second-order valence-corrected chi connectivity index (χ2v) is 8.81. The van der Waals surface area contributed by atoms with Crippen LogP contribution in [0.15, 0.2) is 24.7 Å². The average Bonchev–Trinajstić information content (AvgIpc) is 3.51. The first kappa shape index (κ1) is 20.9. The quantitative estimate of drug-likeness (QED) is 0.678. The van der Waals surface area contributed by atoms with Gasteiger partial charge < -0.3 is 15.7 Å². The van der Waals surface area contributed by atoms with Gasteiger partial charge in [0.2, 0.25) is 5.95 Å². The summed E-state index contributed by atoms with van der Waals surface area (Å²) in [7, 11) is 0. The van der Waals surface area contributed by atoms with Gasteiger partial charge in [-0.2, -0.15) is 0 Å². The zero-order valence-electron chi connectivity index (χ0n) is 16.4. The van der Waals surface area contributed by atoms with E-state index in [2.05, 4.69) is 19.9 Å². The summed E-state index contributed by atoms with van der Waals surface area (Å²) in [6.07, 6.45) is 7.91. The monoisotopic (exact) mass is 450 g/mol. The van der Waals surface area contributed by atoms with Crippen LogP contribution in [0.1, 0.15) is 25.7 Å². The Bertz CT molecular complexity index is 905. The Morgan fingerprint density at radius 3 is 2.53 bits per heavy atom. The second-order valence-electron chi connectivity index (χ2n) is 7.97. The molecule has 160 valence electrons. The maximum Gasteiger partial charge on any atom is 0.411 e. The molecule has 1 saturated carbocycles. The van der Waals surface area contributed by atoms with Gasteiger partial charge in [-0.3, -0.25) is 4.90 Å². The Morgan fingerprint density at radius 1 is 1.20 bits per heavy atom. The summed E-state index contributed by atoms with van der Waals surface area (Å²) in [6.45, 7) is 2.30. The SMILES string of the molecule is Nc1ncc(N(CC[C@@H]2C[C@@H]2C2CCN(c3ncc(Cl)cn3)CC2)C(=O)O)cc1Cl. The lowest BCUT2D eigenvalue weighted by Crippen LogP contribution is -2.35. The van der Waals surface area contributed by atoms with Crippen molar-refractivity contribution in [1.29, 1.82) is 0 Å². The van der Waals surface area contributed by atoms with Crippen LogP contribution < -0.4 is 15.5 Å². The van der Waals surface area contributed by atoms with Crippen molar-refractivity contribution in [3.63, 3.8) is 0 Å². The van der Waals surface area contributed by atoms with Crippen LogP contribution in [0.25, 0.3) is 0 Å². The molecule has 2 fully saturated rings. The van der Waals surface area contributed by atoms with Crippen molar-refractivity contribution in [3.8, 4) is 0 Å². The van der Waals surface area contributed by atoms with Crippen LogP contribution in [0.5, 0.6) is 0 Å². The van der Waals surface area contributed by atoms with E-state index < -0.39 is 6.09 Å². The van der Waals surface area contributed by atoms with E-state index in [1.807, 2.05) is 0 Å². The summed E-state index contributed by atoms with van der Waals surface area (Å²) in [6, 6.07) is 1.55. The van der Waals surface area contributed by atoms with Crippen LogP contribution in [0.4, 0.5) is 22.2 Å². The number of hydrogen-bond acceptors (Lipinski definition) is 6. The fraction of sp³-hybridized carbons (Fsp3) is 0.500. The van der Waals surface area contributed by atoms with Gasteiger partial charge >= 0.3 is 6.09 Å². The third-order valence-corrected chi connectivity index (χ3v) is 6.63. The molecular formula is C20H24Cl2N6O2. The normalized spacial score (nSPS) is 21.5. The van der Waals surface area contributed by atoms with E-state index in [0.29, 0.717) is 35.0 Å². The van der Waals surface area contributed by atoms with Crippen LogP contribution in [0.2, 0.25) is 10.0 Å². The van der Waals surface area contributed by atoms with Gasteiger partial charge in [0.05, 0.1) is 34.3 Å². The lowest BCUT2D eigenvalue weighted by atomic mass is 9.90. The van der Waals surface area contributed by atoms with Gasteiger partial charge in [-0.15, -0.1) is 0 Å². The zero-order valence-corrected chi connectivity index (χ0v) is 17.9. The number of carboxylic acid groups (broad SMARTS) is 1. The van der Waals surface area contributed by atoms with Gasteiger partial charge in [0, 0.05) is 19.6 Å². The molecule has 0 aromatic carbocycles. The van der Waals surface area contributed by atoms with Gasteiger partial charge in [0.15, 0.2) is 0 Å². The highest BCUT2D eigenvalue weighted by Gasteiger charge is 2.43. The molecule has 3 heterocycles. The van der Waals surface area contributed by atoms with Crippen molar-refractivity contribution in [2.24, 2.45) is 17.8 Å². The van der Waals surface area contributed by atoms with Crippen molar-refractivity contribution in [2.75, 3.05) is 35.2 Å². The largest absolute Gasteiger partial charge is 0.465 e. The van der Waals surface area contributed by atoms with Crippen LogP contribution in [0.3, 0.4) is 0 Å². The first-order chi connectivity index (χ1) is 14.4. The maximum atomic E-state index is 11.7. The first-order valence-corrected chi connectivity index (χ1v) is 10.8. The van der Waals surface area contributed by atoms with E-state index in [1.165, 1.54) is 11.1 Å². The first-order valence-electron chi connectivity index (χ1n) is 10.1. The molecule has 0 spiro atoms. The highest BCUT2D eigenvalue weighted by Crippen LogP contribution is 2.50. The minimum atomic E-state index is -1.01. The summed E-state index contributed by atoms with van der Waals surface area (Å²) in [4.78, 5) is 27.8. The van der Waals surface area contributed by atoms with Gasteiger partial charge in [-0.25, -0.2) is 19.7 Å². The number of piperidine rings is 1. The molecule has 8 nitrogen and oxygen atoms in total. The number of hydrogen-bond donors (Lipinski definition) is 2. The predicted octanol–water partition coefficient (Wildman–Crippen LogP) is 4.19. The number of nitrogens with two attached hydrogens (primary N) is 1. The minimum absolute atomic E-state index is 0.198. The Balaban J connectivity index is 1.27. The molecule has 2 aliphatic rings. The molecule has 1 aliphatic heterocycles. The summed E-state index contributed by atoms with van der Waals surface area (Å²) < 4.78 is 0. The lowest BCUT2D eigenvalue weighted by Gasteiger charge is -2.32. The highest BCUT2D eigenvalue weighted by molar-refractivity contribution is 6.33. The van der Waals surface area contributed by atoms with Crippen LogP contribution >= 0.6 is 23.2 Å². The summed E-state index contributed by atoms with van der Waals surface area (Å²) in [5.74, 6) is 2.83. The summed E-state index contributed by atoms with van der Waals surface area (Å²) in [5.41, 5.74) is 6.08. The fourth-order valence-corrected chi connectivity index (χ4v) is 4.65. The van der Waals surface area contributed by atoms with Gasteiger partial charge in [0.25, 0.3) is 0 Å². The number of carbonyl (C=O) groups is 1. The minimum Gasteiger partial charge on any atom is -0.465 e. The number of nitrogens with zero attached hydrogens (tertiary/aromatic N) is 5. The lowest BCUT2D eigenvalue weighted by molar-refractivity contribution is 0.201. The number of amides is 1. The third kappa shape index (κ3) is 4.70. The number of rotatable bonds is 6. The standard InChI is InChI=1S/C20H24Cl2N6O2/c21-14-9-25-19(26-10-14)27-4-1-12(2-5-27)16-7-13(16)3-6-28(20(29)30)15-8-17(22)18(23)24-11-15/h8-13,16H,1-7H2,(H2,23,24)(H,29,30)/t13-,16-/m1/s1. The Kier molecular flexibility index (Phi) is 6.15. The number of halogens is 2. The number of pyridine rings is 1.